The van der Waals surface area contributed by atoms with Crippen molar-refractivity contribution in [3.05, 3.63) is 62.5 Å². The van der Waals surface area contributed by atoms with Gasteiger partial charge in [0, 0.05) is 9.13 Å². The van der Waals surface area contributed by atoms with Crippen LogP contribution in [0, 0.1) is 16.3 Å². The van der Waals surface area contributed by atoms with Gasteiger partial charge in [0.25, 0.3) is 0 Å². The van der Waals surface area contributed by atoms with E-state index in [-0.39, 0.29) is 5.82 Å². The average molecular weight is 371 g/mol. The fourth-order valence-electron chi connectivity index (χ4n) is 2.03. The molecule has 1 atom stereocenters. The second-order valence-electron chi connectivity index (χ2n) is 4.34. The van der Waals surface area contributed by atoms with Gasteiger partial charge < -0.3 is 10.5 Å². The van der Waals surface area contributed by atoms with E-state index in [1.54, 1.807) is 13.2 Å². The van der Waals surface area contributed by atoms with Gasteiger partial charge in [0.1, 0.15) is 11.6 Å². The molecule has 19 heavy (non-hydrogen) atoms. The first kappa shape index (κ1) is 14.3. The maximum absolute atomic E-state index is 13.4. The summed E-state index contributed by atoms with van der Waals surface area (Å²) in [6.45, 7) is 2.03. The smallest absolute Gasteiger partial charge is 0.124 e. The van der Waals surface area contributed by atoms with Crippen molar-refractivity contribution in [3.8, 4) is 5.75 Å². The number of aryl methyl sites for hydroxylation is 1. The summed E-state index contributed by atoms with van der Waals surface area (Å²) < 4.78 is 19.8. The number of hydrogen-bond donors (Lipinski definition) is 1. The van der Waals surface area contributed by atoms with E-state index < -0.39 is 6.04 Å². The minimum absolute atomic E-state index is 0.311. The highest BCUT2D eigenvalue weighted by Gasteiger charge is 2.17. The van der Waals surface area contributed by atoms with Crippen LogP contribution in [0.25, 0.3) is 0 Å². The van der Waals surface area contributed by atoms with Gasteiger partial charge in [-0.05, 0) is 58.8 Å². The number of hydrogen-bond acceptors (Lipinski definition) is 2. The van der Waals surface area contributed by atoms with Gasteiger partial charge in [-0.25, -0.2) is 4.39 Å². The Balaban J connectivity index is 2.52. The van der Waals surface area contributed by atoms with Gasteiger partial charge in [-0.1, -0.05) is 18.2 Å². The molecule has 2 rings (SSSR count). The molecule has 0 amide bonds. The molecule has 0 fully saturated rings. The van der Waals surface area contributed by atoms with Crippen molar-refractivity contribution in [2.45, 2.75) is 13.0 Å². The largest absolute Gasteiger partial charge is 0.496 e. The minimum Gasteiger partial charge on any atom is -0.496 e. The highest BCUT2D eigenvalue weighted by Crippen LogP contribution is 2.32. The van der Waals surface area contributed by atoms with Crippen molar-refractivity contribution >= 4 is 22.6 Å². The predicted octanol–water partition coefficient (Wildman–Crippen LogP) is 3.80. The Morgan fingerprint density at radius 1 is 1.21 bits per heavy atom. The Morgan fingerprint density at radius 2 is 1.95 bits per heavy atom. The number of halogens is 2. The number of methoxy groups -OCH3 is 1. The minimum atomic E-state index is -0.405. The normalized spacial score (nSPS) is 12.3. The molecule has 100 valence electrons. The number of rotatable bonds is 3. The fourth-order valence-corrected chi connectivity index (χ4v) is 2.72. The standard InChI is InChI=1S/C15H15FINO/c1-9-4-3-5-11(14(9)17)15(18)12-8-10(16)6-7-13(12)19-2/h3-8,15H,18H2,1-2H3. The molecule has 1 unspecified atom stereocenters. The summed E-state index contributed by atoms with van der Waals surface area (Å²) in [5, 5.41) is 0. The van der Waals surface area contributed by atoms with Crippen LogP contribution in [0.15, 0.2) is 36.4 Å². The molecule has 4 heteroatoms. The SMILES string of the molecule is COc1ccc(F)cc1C(N)c1cccc(C)c1I. The monoisotopic (exact) mass is 371 g/mol. The van der Waals surface area contributed by atoms with Crippen LogP contribution in [0.5, 0.6) is 5.75 Å². The molecule has 0 heterocycles. The first-order chi connectivity index (χ1) is 9.04. The summed E-state index contributed by atoms with van der Waals surface area (Å²) in [6, 6.07) is 9.95. The number of benzene rings is 2. The number of ether oxygens (including phenoxy) is 1. The van der Waals surface area contributed by atoms with E-state index in [0.717, 1.165) is 14.7 Å². The third kappa shape index (κ3) is 2.90. The van der Waals surface area contributed by atoms with Crippen LogP contribution in [0.3, 0.4) is 0 Å². The lowest BCUT2D eigenvalue weighted by Crippen LogP contribution is -2.15. The van der Waals surface area contributed by atoms with Crippen molar-refractivity contribution in [3.63, 3.8) is 0 Å². The molecule has 0 aliphatic heterocycles. The van der Waals surface area contributed by atoms with E-state index in [1.165, 1.54) is 12.1 Å². The van der Waals surface area contributed by atoms with E-state index in [2.05, 4.69) is 22.6 Å². The molecule has 0 saturated heterocycles. The number of nitrogens with two attached hydrogens (primary N) is 1. The summed E-state index contributed by atoms with van der Waals surface area (Å²) in [4.78, 5) is 0. The first-order valence-electron chi connectivity index (χ1n) is 5.88. The molecule has 2 aromatic rings. The van der Waals surface area contributed by atoms with Gasteiger partial charge in [0.2, 0.25) is 0 Å². The zero-order valence-corrected chi connectivity index (χ0v) is 12.9. The quantitative estimate of drug-likeness (QED) is 0.834. The van der Waals surface area contributed by atoms with Crippen LogP contribution in [-0.4, -0.2) is 7.11 Å². The fraction of sp³-hybridized carbons (Fsp3) is 0.200. The molecule has 2 N–H and O–H groups in total. The lowest BCUT2D eigenvalue weighted by Gasteiger charge is -2.18. The van der Waals surface area contributed by atoms with Gasteiger partial charge in [0.15, 0.2) is 0 Å². The lowest BCUT2D eigenvalue weighted by molar-refractivity contribution is 0.406. The van der Waals surface area contributed by atoms with Gasteiger partial charge in [-0.3, -0.25) is 0 Å². The second kappa shape index (κ2) is 5.88. The Bertz CT molecular complexity index is 601. The molecule has 0 aromatic heterocycles. The average Bonchev–Trinajstić information content (AvgIpc) is 2.41. The molecule has 0 aliphatic carbocycles. The molecule has 2 aromatic carbocycles. The summed E-state index contributed by atoms with van der Waals surface area (Å²) in [7, 11) is 1.56. The first-order valence-corrected chi connectivity index (χ1v) is 6.96. The second-order valence-corrected chi connectivity index (χ2v) is 5.42. The summed E-state index contributed by atoms with van der Waals surface area (Å²) in [5.74, 6) is 0.292. The molecular formula is C15H15FINO. The van der Waals surface area contributed by atoms with E-state index in [0.29, 0.717) is 11.3 Å². The topological polar surface area (TPSA) is 35.2 Å². The van der Waals surface area contributed by atoms with Crippen molar-refractivity contribution in [2.75, 3.05) is 7.11 Å². The lowest BCUT2D eigenvalue weighted by atomic mass is 9.97. The Kier molecular flexibility index (Phi) is 4.42. The maximum atomic E-state index is 13.4. The van der Waals surface area contributed by atoms with Crippen molar-refractivity contribution < 1.29 is 9.13 Å². The van der Waals surface area contributed by atoms with Crippen molar-refractivity contribution in [2.24, 2.45) is 5.73 Å². The van der Waals surface area contributed by atoms with Gasteiger partial charge >= 0.3 is 0 Å². The molecule has 0 saturated carbocycles. The summed E-state index contributed by atoms with van der Waals surface area (Å²) in [6.07, 6.45) is 0. The third-order valence-electron chi connectivity index (χ3n) is 3.08. The van der Waals surface area contributed by atoms with Crippen LogP contribution >= 0.6 is 22.6 Å². The summed E-state index contributed by atoms with van der Waals surface area (Å²) in [5.41, 5.74) is 9.07. The highest BCUT2D eigenvalue weighted by atomic mass is 127. The molecule has 2 nitrogen and oxygen atoms in total. The predicted molar refractivity (Wildman–Crippen MR) is 82.9 cm³/mol. The zero-order valence-electron chi connectivity index (χ0n) is 10.8. The molecule has 0 aliphatic rings. The zero-order chi connectivity index (χ0) is 14.0. The Morgan fingerprint density at radius 3 is 2.63 bits per heavy atom. The molecular weight excluding hydrogens is 356 g/mol. The van der Waals surface area contributed by atoms with Gasteiger partial charge in [-0.2, -0.15) is 0 Å². The molecule has 0 radical (unpaired) electrons. The van der Waals surface area contributed by atoms with Gasteiger partial charge in [0.05, 0.1) is 13.2 Å². The Labute approximate surface area is 125 Å². The van der Waals surface area contributed by atoms with E-state index in [9.17, 15) is 4.39 Å². The van der Waals surface area contributed by atoms with Crippen LogP contribution in [0.2, 0.25) is 0 Å². The molecule has 0 bridgehead atoms. The summed E-state index contributed by atoms with van der Waals surface area (Å²) >= 11 is 2.26. The maximum Gasteiger partial charge on any atom is 0.124 e. The molecule has 0 spiro atoms. The van der Waals surface area contributed by atoms with E-state index in [4.69, 9.17) is 10.5 Å². The Hall–Kier alpha value is -1.14. The van der Waals surface area contributed by atoms with Crippen molar-refractivity contribution in [1.82, 2.24) is 0 Å². The highest BCUT2D eigenvalue weighted by molar-refractivity contribution is 14.1. The van der Waals surface area contributed by atoms with Crippen LogP contribution in [0.1, 0.15) is 22.7 Å². The van der Waals surface area contributed by atoms with E-state index in [1.807, 2.05) is 25.1 Å². The van der Waals surface area contributed by atoms with Crippen LogP contribution in [0.4, 0.5) is 4.39 Å². The van der Waals surface area contributed by atoms with E-state index >= 15 is 0 Å². The third-order valence-corrected chi connectivity index (χ3v) is 4.56. The van der Waals surface area contributed by atoms with Crippen LogP contribution < -0.4 is 10.5 Å². The van der Waals surface area contributed by atoms with Crippen molar-refractivity contribution in [1.29, 1.82) is 0 Å². The van der Waals surface area contributed by atoms with Gasteiger partial charge in [-0.15, -0.1) is 0 Å². The van der Waals surface area contributed by atoms with Crippen LogP contribution in [-0.2, 0) is 0 Å².